The summed E-state index contributed by atoms with van der Waals surface area (Å²) in [6, 6.07) is 10.5. The first-order valence-corrected chi connectivity index (χ1v) is 5.77. The van der Waals surface area contributed by atoms with E-state index in [2.05, 4.69) is 17.4 Å². The van der Waals surface area contributed by atoms with Crippen LogP contribution in [0.1, 0.15) is 17.9 Å². The number of rotatable bonds is 3. The molecule has 1 amide bonds. The van der Waals surface area contributed by atoms with Gasteiger partial charge in [0.25, 0.3) is 0 Å². The van der Waals surface area contributed by atoms with E-state index in [1.54, 1.807) is 0 Å². The van der Waals surface area contributed by atoms with Crippen molar-refractivity contribution < 1.29 is 9.53 Å². The number of hydrogen-bond donors (Lipinski definition) is 1. The fourth-order valence-electron chi connectivity index (χ4n) is 2.18. The molecule has 1 aromatic rings. The molecule has 1 aliphatic heterocycles. The van der Waals surface area contributed by atoms with E-state index in [-0.39, 0.29) is 17.9 Å². The molecule has 1 aliphatic carbocycles. The van der Waals surface area contributed by atoms with E-state index in [0.717, 1.165) is 6.42 Å². The molecule has 3 heteroatoms. The molecule has 0 spiro atoms. The molecule has 2 unspecified atom stereocenters. The van der Waals surface area contributed by atoms with Crippen LogP contribution < -0.4 is 5.32 Å². The largest absolute Gasteiger partial charge is 0.377 e. The molecule has 0 aromatic heterocycles. The summed E-state index contributed by atoms with van der Waals surface area (Å²) in [5, 5.41) is 3.01. The number of benzene rings is 1. The van der Waals surface area contributed by atoms with E-state index >= 15 is 0 Å². The smallest absolute Gasteiger partial charge is 0.224 e. The maximum absolute atomic E-state index is 11.8. The number of carbonyl (C=O) groups excluding carboxylic acids is 1. The van der Waals surface area contributed by atoms with Gasteiger partial charge in [0.05, 0.1) is 19.3 Å². The van der Waals surface area contributed by atoms with Crippen LogP contribution >= 0.6 is 0 Å². The van der Waals surface area contributed by atoms with Gasteiger partial charge in [-0.3, -0.25) is 4.79 Å². The van der Waals surface area contributed by atoms with E-state index < -0.39 is 0 Å². The fourth-order valence-corrected chi connectivity index (χ4v) is 2.18. The number of hydrogen-bond acceptors (Lipinski definition) is 2. The van der Waals surface area contributed by atoms with E-state index in [4.69, 9.17) is 4.74 Å². The van der Waals surface area contributed by atoms with E-state index in [9.17, 15) is 4.79 Å². The molecule has 0 radical (unpaired) electrons. The van der Waals surface area contributed by atoms with Crippen LogP contribution in [0, 0.1) is 5.92 Å². The van der Waals surface area contributed by atoms with Crippen molar-refractivity contribution in [3.8, 4) is 0 Å². The van der Waals surface area contributed by atoms with Gasteiger partial charge in [0.15, 0.2) is 0 Å². The number of nitrogens with one attached hydrogen (secondary N) is 1. The quantitative estimate of drug-likeness (QED) is 0.829. The van der Waals surface area contributed by atoms with Crippen molar-refractivity contribution in [1.82, 2.24) is 5.32 Å². The third kappa shape index (κ3) is 1.83. The Labute approximate surface area is 94.8 Å². The second kappa shape index (κ2) is 3.91. The van der Waals surface area contributed by atoms with Gasteiger partial charge in [-0.05, 0) is 17.9 Å². The average Bonchev–Trinajstić information content (AvgIpc) is 3.04. The van der Waals surface area contributed by atoms with Gasteiger partial charge in [0, 0.05) is 5.92 Å². The maximum Gasteiger partial charge on any atom is 0.224 e. The Hall–Kier alpha value is -1.35. The van der Waals surface area contributed by atoms with Gasteiger partial charge in [-0.2, -0.15) is 0 Å². The average molecular weight is 217 g/mol. The molecule has 3 rings (SSSR count). The zero-order chi connectivity index (χ0) is 11.0. The van der Waals surface area contributed by atoms with Crippen LogP contribution in [0.15, 0.2) is 30.3 Å². The Morgan fingerprint density at radius 2 is 2.00 bits per heavy atom. The lowest BCUT2D eigenvalue weighted by molar-refractivity contribution is -0.126. The Balaban J connectivity index is 1.57. The van der Waals surface area contributed by atoms with Gasteiger partial charge in [-0.25, -0.2) is 0 Å². The van der Waals surface area contributed by atoms with Crippen LogP contribution in [0.4, 0.5) is 0 Å². The molecule has 3 nitrogen and oxygen atoms in total. The van der Waals surface area contributed by atoms with Crippen molar-refractivity contribution in [3.63, 3.8) is 0 Å². The summed E-state index contributed by atoms with van der Waals surface area (Å²) in [5.74, 6) is 0.812. The normalized spacial score (nSPS) is 28.2. The fraction of sp³-hybridized carbons (Fsp3) is 0.462. The van der Waals surface area contributed by atoms with E-state index in [0.29, 0.717) is 19.1 Å². The minimum atomic E-state index is 0.183. The van der Waals surface area contributed by atoms with Gasteiger partial charge < -0.3 is 10.1 Å². The van der Waals surface area contributed by atoms with Crippen molar-refractivity contribution >= 4 is 5.91 Å². The van der Waals surface area contributed by atoms with Crippen molar-refractivity contribution in [3.05, 3.63) is 35.9 Å². The zero-order valence-corrected chi connectivity index (χ0v) is 9.06. The number of ether oxygens (including phenoxy) is 1. The third-order valence-corrected chi connectivity index (χ3v) is 3.34. The summed E-state index contributed by atoms with van der Waals surface area (Å²) in [7, 11) is 0. The lowest BCUT2D eigenvalue weighted by Crippen LogP contribution is -2.49. The molecular formula is C13H15NO2. The van der Waals surface area contributed by atoms with Crippen LogP contribution in [-0.4, -0.2) is 25.2 Å². The van der Waals surface area contributed by atoms with E-state index in [1.165, 1.54) is 5.56 Å². The molecule has 16 heavy (non-hydrogen) atoms. The number of amides is 1. The highest BCUT2D eigenvalue weighted by Crippen LogP contribution is 2.47. The van der Waals surface area contributed by atoms with Crippen molar-refractivity contribution in [2.45, 2.75) is 18.4 Å². The molecule has 0 bridgehead atoms. The predicted molar refractivity (Wildman–Crippen MR) is 60.0 cm³/mol. The van der Waals surface area contributed by atoms with Gasteiger partial charge in [-0.1, -0.05) is 30.3 Å². The first-order chi connectivity index (χ1) is 7.84. The molecule has 1 heterocycles. The second-order valence-electron chi connectivity index (χ2n) is 4.60. The monoisotopic (exact) mass is 217 g/mol. The first kappa shape index (κ1) is 9.85. The van der Waals surface area contributed by atoms with Gasteiger partial charge >= 0.3 is 0 Å². The second-order valence-corrected chi connectivity index (χ2v) is 4.60. The van der Waals surface area contributed by atoms with Crippen molar-refractivity contribution in [2.24, 2.45) is 5.92 Å². The molecule has 84 valence electrons. The SMILES string of the molecule is O=C(NC1COC1)C1CC1c1ccccc1. The molecule has 1 N–H and O–H groups in total. The summed E-state index contributed by atoms with van der Waals surface area (Å²) in [4.78, 5) is 11.8. The zero-order valence-electron chi connectivity index (χ0n) is 9.06. The van der Waals surface area contributed by atoms with Crippen LogP contribution in [0.2, 0.25) is 0 Å². The highest BCUT2D eigenvalue weighted by atomic mass is 16.5. The summed E-state index contributed by atoms with van der Waals surface area (Å²) in [6.45, 7) is 1.35. The highest BCUT2D eigenvalue weighted by Gasteiger charge is 2.44. The summed E-state index contributed by atoms with van der Waals surface area (Å²) >= 11 is 0. The highest BCUT2D eigenvalue weighted by molar-refractivity contribution is 5.83. The van der Waals surface area contributed by atoms with E-state index in [1.807, 2.05) is 18.2 Å². The minimum absolute atomic E-state index is 0.183. The van der Waals surface area contributed by atoms with Crippen molar-refractivity contribution in [1.29, 1.82) is 0 Å². The van der Waals surface area contributed by atoms with Gasteiger partial charge in [-0.15, -0.1) is 0 Å². The van der Waals surface area contributed by atoms with Crippen molar-refractivity contribution in [2.75, 3.05) is 13.2 Å². The lowest BCUT2D eigenvalue weighted by atomic mass is 10.1. The standard InChI is InChI=1S/C13H15NO2/c15-13(14-10-7-16-8-10)12-6-11(12)9-4-2-1-3-5-9/h1-5,10-12H,6-8H2,(H,14,15). The van der Waals surface area contributed by atoms with Crippen LogP contribution in [0.3, 0.4) is 0 Å². The first-order valence-electron chi connectivity index (χ1n) is 5.77. The lowest BCUT2D eigenvalue weighted by Gasteiger charge is -2.26. The topological polar surface area (TPSA) is 38.3 Å². The molecule has 2 atom stereocenters. The predicted octanol–water partition coefficient (Wildman–Crippen LogP) is 1.31. The Morgan fingerprint density at radius 3 is 2.62 bits per heavy atom. The number of carbonyl (C=O) groups is 1. The molecule has 2 aliphatic rings. The van der Waals surface area contributed by atoms with Gasteiger partial charge in [0.1, 0.15) is 0 Å². The Kier molecular flexibility index (Phi) is 2.40. The summed E-state index contributed by atoms with van der Waals surface area (Å²) in [6.07, 6.45) is 0.990. The Morgan fingerprint density at radius 1 is 1.25 bits per heavy atom. The minimum Gasteiger partial charge on any atom is -0.377 e. The van der Waals surface area contributed by atoms with Crippen LogP contribution in [0.5, 0.6) is 0 Å². The molecular weight excluding hydrogens is 202 g/mol. The maximum atomic E-state index is 11.8. The van der Waals surface area contributed by atoms with Crippen LogP contribution in [0.25, 0.3) is 0 Å². The Bertz CT molecular complexity index is 386. The molecule has 1 aromatic carbocycles. The molecule has 1 saturated carbocycles. The summed E-state index contributed by atoms with van der Waals surface area (Å²) in [5.41, 5.74) is 1.28. The molecule has 1 saturated heterocycles. The molecule has 2 fully saturated rings. The van der Waals surface area contributed by atoms with Gasteiger partial charge in [0.2, 0.25) is 5.91 Å². The van der Waals surface area contributed by atoms with Crippen LogP contribution in [-0.2, 0) is 9.53 Å². The third-order valence-electron chi connectivity index (χ3n) is 3.34. The summed E-state index contributed by atoms with van der Waals surface area (Å²) < 4.78 is 5.03.